The Kier molecular flexibility index (Phi) is 2.85. The van der Waals surface area contributed by atoms with Crippen LogP contribution in [0.15, 0.2) is 0 Å². The quantitative estimate of drug-likeness (QED) is 0.708. The number of carboxylic acid groups (broad SMARTS) is 1. The lowest BCUT2D eigenvalue weighted by molar-refractivity contribution is -0.153. The first-order chi connectivity index (χ1) is 5.99. The van der Waals surface area contributed by atoms with E-state index in [2.05, 4.69) is 0 Å². The van der Waals surface area contributed by atoms with Gasteiger partial charge in [0.2, 0.25) is 0 Å². The number of rotatable bonds is 3. The van der Waals surface area contributed by atoms with Crippen molar-refractivity contribution in [1.82, 2.24) is 0 Å². The Bertz CT molecular complexity index is 204. The molecule has 76 valence electrons. The lowest BCUT2D eigenvalue weighted by Gasteiger charge is -2.29. The van der Waals surface area contributed by atoms with Crippen LogP contribution in [0.1, 0.15) is 25.7 Å². The van der Waals surface area contributed by atoms with E-state index in [1.54, 1.807) is 0 Å². The molecule has 1 aliphatic carbocycles. The number of hydrogen-bond acceptors (Lipinski definition) is 2. The summed E-state index contributed by atoms with van der Waals surface area (Å²) in [5.74, 6) is -2.17. The summed E-state index contributed by atoms with van der Waals surface area (Å²) in [7, 11) is 0. The minimum absolute atomic E-state index is 0.493. The summed E-state index contributed by atoms with van der Waals surface area (Å²) in [6.07, 6.45) is -0.416. The molecule has 5 heteroatoms. The molecule has 1 rings (SSSR count). The smallest absolute Gasteiger partial charge is 0.329 e. The fourth-order valence-corrected chi connectivity index (χ4v) is 1.85. The van der Waals surface area contributed by atoms with Gasteiger partial charge in [-0.25, -0.2) is 13.6 Å². The van der Waals surface area contributed by atoms with Gasteiger partial charge in [0.25, 0.3) is 6.43 Å². The van der Waals surface area contributed by atoms with Gasteiger partial charge in [-0.3, -0.25) is 0 Å². The van der Waals surface area contributed by atoms with E-state index in [-0.39, 0.29) is 0 Å². The molecule has 13 heavy (non-hydrogen) atoms. The third-order valence-electron chi connectivity index (χ3n) is 2.76. The molecule has 0 aliphatic heterocycles. The van der Waals surface area contributed by atoms with Crippen molar-refractivity contribution in [2.75, 3.05) is 0 Å². The third-order valence-corrected chi connectivity index (χ3v) is 2.76. The monoisotopic (exact) mass is 193 g/mol. The van der Waals surface area contributed by atoms with Crippen LogP contribution < -0.4 is 5.73 Å². The molecule has 0 aromatic rings. The van der Waals surface area contributed by atoms with Crippen LogP contribution in [0.3, 0.4) is 0 Å². The SMILES string of the molecule is NC(C(=O)O)(C(F)F)C1CCCC1. The Morgan fingerprint density at radius 3 is 2.23 bits per heavy atom. The molecule has 0 spiro atoms. The second-order valence-corrected chi connectivity index (χ2v) is 3.52. The van der Waals surface area contributed by atoms with Gasteiger partial charge < -0.3 is 10.8 Å². The van der Waals surface area contributed by atoms with Crippen LogP contribution in [-0.4, -0.2) is 23.0 Å². The molecular formula is C8H13F2NO2. The molecule has 0 radical (unpaired) electrons. The Hall–Kier alpha value is -0.710. The van der Waals surface area contributed by atoms with E-state index >= 15 is 0 Å². The molecular weight excluding hydrogens is 180 g/mol. The highest BCUT2D eigenvalue weighted by atomic mass is 19.3. The van der Waals surface area contributed by atoms with Gasteiger partial charge in [-0.1, -0.05) is 12.8 Å². The van der Waals surface area contributed by atoms with Crippen molar-refractivity contribution in [1.29, 1.82) is 0 Å². The zero-order valence-corrected chi connectivity index (χ0v) is 7.17. The zero-order valence-electron chi connectivity index (χ0n) is 7.17. The number of carbonyl (C=O) groups is 1. The van der Waals surface area contributed by atoms with Gasteiger partial charge in [0.05, 0.1) is 0 Å². The molecule has 1 unspecified atom stereocenters. The van der Waals surface area contributed by atoms with Crippen LogP contribution in [0.5, 0.6) is 0 Å². The van der Waals surface area contributed by atoms with Gasteiger partial charge in [0, 0.05) is 0 Å². The van der Waals surface area contributed by atoms with E-state index in [0.717, 1.165) is 12.8 Å². The highest BCUT2D eigenvalue weighted by Gasteiger charge is 2.50. The molecule has 3 N–H and O–H groups in total. The Balaban J connectivity index is 2.82. The molecule has 1 saturated carbocycles. The first-order valence-electron chi connectivity index (χ1n) is 4.30. The summed E-state index contributed by atoms with van der Waals surface area (Å²) >= 11 is 0. The van der Waals surface area contributed by atoms with E-state index in [1.807, 2.05) is 0 Å². The van der Waals surface area contributed by atoms with E-state index in [0.29, 0.717) is 12.8 Å². The Morgan fingerprint density at radius 2 is 1.92 bits per heavy atom. The Morgan fingerprint density at radius 1 is 1.46 bits per heavy atom. The summed E-state index contributed by atoms with van der Waals surface area (Å²) in [5, 5.41) is 8.66. The van der Waals surface area contributed by atoms with Crippen molar-refractivity contribution < 1.29 is 18.7 Å². The van der Waals surface area contributed by atoms with Crippen LogP contribution >= 0.6 is 0 Å². The zero-order chi connectivity index (χ0) is 10.1. The van der Waals surface area contributed by atoms with Gasteiger partial charge in [-0.05, 0) is 18.8 Å². The largest absolute Gasteiger partial charge is 0.480 e. The molecule has 0 aromatic heterocycles. The van der Waals surface area contributed by atoms with Crippen molar-refractivity contribution >= 4 is 5.97 Å². The fraction of sp³-hybridized carbons (Fsp3) is 0.875. The fourth-order valence-electron chi connectivity index (χ4n) is 1.85. The molecule has 0 heterocycles. The van der Waals surface area contributed by atoms with Crippen molar-refractivity contribution in [3.05, 3.63) is 0 Å². The molecule has 1 fully saturated rings. The van der Waals surface area contributed by atoms with Gasteiger partial charge in [-0.2, -0.15) is 0 Å². The van der Waals surface area contributed by atoms with Crippen LogP contribution in [0.4, 0.5) is 8.78 Å². The maximum absolute atomic E-state index is 12.5. The summed E-state index contributed by atoms with van der Waals surface area (Å²) in [6.45, 7) is 0. The number of hydrogen-bond donors (Lipinski definition) is 2. The minimum atomic E-state index is -2.99. The van der Waals surface area contributed by atoms with Crippen LogP contribution in [0.25, 0.3) is 0 Å². The van der Waals surface area contributed by atoms with Gasteiger partial charge in [-0.15, -0.1) is 0 Å². The van der Waals surface area contributed by atoms with E-state index in [4.69, 9.17) is 10.8 Å². The average Bonchev–Trinajstić information content (AvgIpc) is 2.54. The van der Waals surface area contributed by atoms with E-state index in [1.165, 1.54) is 0 Å². The van der Waals surface area contributed by atoms with Crippen LogP contribution in [0, 0.1) is 5.92 Å². The molecule has 3 nitrogen and oxygen atoms in total. The second-order valence-electron chi connectivity index (χ2n) is 3.52. The van der Waals surface area contributed by atoms with Crippen molar-refractivity contribution in [2.45, 2.75) is 37.6 Å². The lowest BCUT2D eigenvalue weighted by Crippen LogP contribution is -2.59. The predicted molar refractivity (Wildman–Crippen MR) is 42.5 cm³/mol. The number of halogens is 2. The summed E-state index contributed by atoms with van der Waals surface area (Å²) in [4.78, 5) is 10.6. The highest BCUT2D eigenvalue weighted by Crippen LogP contribution is 2.36. The summed E-state index contributed by atoms with van der Waals surface area (Å²) in [5.41, 5.74) is 2.90. The topological polar surface area (TPSA) is 63.3 Å². The molecule has 1 atom stereocenters. The average molecular weight is 193 g/mol. The number of alkyl halides is 2. The maximum Gasteiger partial charge on any atom is 0.329 e. The minimum Gasteiger partial charge on any atom is -0.480 e. The molecule has 1 aliphatic rings. The molecule has 0 amide bonds. The summed E-state index contributed by atoms with van der Waals surface area (Å²) in [6, 6.07) is 0. The summed E-state index contributed by atoms with van der Waals surface area (Å²) < 4.78 is 25.0. The number of nitrogens with two attached hydrogens (primary N) is 1. The number of aliphatic carboxylic acids is 1. The van der Waals surface area contributed by atoms with Gasteiger partial charge >= 0.3 is 5.97 Å². The standard InChI is InChI=1S/C8H13F2NO2/c9-6(10)8(11,7(12)13)5-3-1-2-4-5/h5-6H,1-4,11H2,(H,12,13). The van der Waals surface area contributed by atoms with Crippen molar-refractivity contribution in [2.24, 2.45) is 11.7 Å². The van der Waals surface area contributed by atoms with Crippen molar-refractivity contribution in [3.8, 4) is 0 Å². The van der Waals surface area contributed by atoms with Gasteiger partial charge in [0.1, 0.15) is 0 Å². The second kappa shape index (κ2) is 3.57. The highest BCUT2D eigenvalue weighted by molar-refractivity contribution is 5.79. The van der Waals surface area contributed by atoms with Crippen LogP contribution in [0.2, 0.25) is 0 Å². The third kappa shape index (κ3) is 1.65. The van der Waals surface area contributed by atoms with E-state index in [9.17, 15) is 13.6 Å². The predicted octanol–water partition coefficient (Wildman–Crippen LogP) is 1.22. The number of carboxylic acids is 1. The normalized spacial score (nSPS) is 23.4. The molecule has 0 saturated heterocycles. The van der Waals surface area contributed by atoms with Gasteiger partial charge in [0.15, 0.2) is 5.54 Å². The molecule has 0 aromatic carbocycles. The Labute approximate surface area is 74.9 Å². The molecule has 0 bridgehead atoms. The lowest BCUT2D eigenvalue weighted by atomic mass is 9.84. The van der Waals surface area contributed by atoms with E-state index < -0.39 is 23.9 Å². The first kappa shape index (κ1) is 10.4. The first-order valence-corrected chi connectivity index (χ1v) is 4.30. The van der Waals surface area contributed by atoms with Crippen LogP contribution in [-0.2, 0) is 4.79 Å². The maximum atomic E-state index is 12.5. The van der Waals surface area contributed by atoms with Crippen molar-refractivity contribution in [3.63, 3.8) is 0 Å².